The van der Waals surface area contributed by atoms with E-state index in [1.54, 1.807) is 10.7 Å². The maximum Gasteiger partial charge on any atom is 0.134 e. The molecule has 1 heterocycles. The van der Waals surface area contributed by atoms with Gasteiger partial charge in [-0.3, -0.25) is 4.68 Å². The maximum absolute atomic E-state index is 13.0. The summed E-state index contributed by atoms with van der Waals surface area (Å²) in [5, 5.41) is 4.40. The van der Waals surface area contributed by atoms with Gasteiger partial charge in [-0.25, -0.2) is 4.39 Å². The third kappa shape index (κ3) is 3.17. The molecule has 0 atom stereocenters. The molecular formula is C13H13Br2FN2O. The summed E-state index contributed by atoms with van der Waals surface area (Å²) < 4.78 is 22.0. The molecule has 0 radical (unpaired) electrons. The van der Waals surface area contributed by atoms with Crippen molar-refractivity contribution in [2.45, 2.75) is 20.0 Å². The molecular weight excluding hydrogens is 379 g/mol. The van der Waals surface area contributed by atoms with Crippen molar-refractivity contribution in [3.8, 4) is 5.75 Å². The third-order valence-corrected chi connectivity index (χ3v) is 4.30. The van der Waals surface area contributed by atoms with E-state index in [-0.39, 0.29) is 5.82 Å². The number of benzene rings is 1. The zero-order valence-electron chi connectivity index (χ0n) is 10.6. The van der Waals surface area contributed by atoms with Gasteiger partial charge >= 0.3 is 0 Å². The summed E-state index contributed by atoms with van der Waals surface area (Å²) in [6.45, 7) is 2.42. The minimum absolute atomic E-state index is 0.297. The number of ether oxygens (including phenoxy) is 1. The Balaban J connectivity index is 2.16. The molecule has 1 aromatic heterocycles. The fourth-order valence-corrected chi connectivity index (χ4v) is 2.91. The van der Waals surface area contributed by atoms with Gasteiger partial charge in [-0.05, 0) is 56.5 Å². The van der Waals surface area contributed by atoms with E-state index in [4.69, 9.17) is 4.74 Å². The Morgan fingerprint density at radius 1 is 1.37 bits per heavy atom. The van der Waals surface area contributed by atoms with Gasteiger partial charge in [0.25, 0.3) is 0 Å². The minimum atomic E-state index is -0.297. The number of halogens is 3. The lowest BCUT2D eigenvalue weighted by Crippen LogP contribution is -2.04. The Labute approximate surface area is 128 Å². The second-order valence-corrected chi connectivity index (χ2v) is 5.70. The number of hydrogen-bond donors (Lipinski definition) is 0. The van der Waals surface area contributed by atoms with E-state index in [0.717, 1.165) is 22.3 Å². The van der Waals surface area contributed by atoms with Crippen LogP contribution in [-0.4, -0.2) is 9.78 Å². The van der Waals surface area contributed by atoms with E-state index in [9.17, 15) is 4.39 Å². The van der Waals surface area contributed by atoms with E-state index in [1.165, 1.54) is 12.1 Å². The maximum atomic E-state index is 13.0. The highest BCUT2D eigenvalue weighted by molar-refractivity contribution is 9.10. The largest absolute Gasteiger partial charge is 0.486 e. The standard InChI is InChI=1S/C13H13Br2FN2O/c1-3-10-13(15)11(18(2)17-10)7-19-12-5-4-8(16)6-9(12)14/h4-6H,3,7H2,1-2H3. The van der Waals surface area contributed by atoms with Crippen molar-refractivity contribution in [1.29, 1.82) is 0 Å². The SMILES string of the molecule is CCc1nn(C)c(COc2ccc(F)cc2Br)c1Br. The molecule has 0 fully saturated rings. The molecule has 0 spiro atoms. The fourth-order valence-electron chi connectivity index (χ4n) is 1.72. The van der Waals surface area contributed by atoms with Crippen LogP contribution in [0.25, 0.3) is 0 Å². The second-order valence-electron chi connectivity index (χ2n) is 4.05. The summed E-state index contributed by atoms with van der Waals surface area (Å²) in [5.74, 6) is 0.307. The Morgan fingerprint density at radius 3 is 2.68 bits per heavy atom. The lowest BCUT2D eigenvalue weighted by atomic mass is 10.3. The topological polar surface area (TPSA) is 27.1 Å². The Bertz CT molecular complexity index is 599. The Morgan fingerprint density at radius 2 is 2.11 bits per heavy atom. The Kier molecular flexibility index (Phi) is 4.62. The van der Waals surface area contributed by atoms with Crippen LogP contribution in [0.1, 0.15) is 18.3 Å². The number of rotatable bonds is 4. The van der Waals surface area contributed by atoms with Crippen LogP contribution >= 0.6 is 31.9 Å². The third-order valence-electron chi connectivity index (χ3n) is 2.76. The van der Waals surface area contributed by atoms with E-state index < -0.39 is 0 Å². The molecule has 0 unspecified atom stereocenters. The Hall–Kier alpha value is -0.880. The second kappa shape index (κ2) is 6.05. The van der Waals surface area contributed by atoms with Gasteiger partial charge in [0.05, 0.1) is 20.3 Å². The van der Waals surface area contributed by atoms with Gasteiger partial charge in [-0.15, -0.1) is 0 Å². The first kappa shape index (κ1) is 14.5. The fraction of sp³-hybridized carbons (Fsp3) is 0.308. The normalized spacial score (nSPS) is 10.8. The predicted molar refractivity (Wildman–Crippen MR) is 78.7 cm³/mol. The number of aromatic nitrogens is 2. The van der Waals surface area contributed by atoms with Gasteiger partial charge in [-0.2, -0.15) is 5.10 Å². The summed E-state index contributed by atoms with van der Waals surface area (Å²) in [6, 6.07) is 4.35. The molecule has 0 aliphatic rings. The van der Waals surface area contributed by atoms with Crippen molar-refractivity contribution in [1.82, 2.24) is 9.78 Å². The highest BCUT2D eigenvalue weighted by atomic mass is 79.9. The van der Waals surface area contributed by atoms with Gasteiger partial charge in [0.15, 0.2) is 0 Å². The van der Waals surface area contributed by atoms with Crippen molar-refractivity contribution in [2.75, 3.05) is 0 Å². The first-order valence-corrected chi connectivity index (χ1v) is 7.39. The number of hydrogen-bond acceptors (Lipinski definition) is 2. The molecule has 6 heteroatoms. The first-order valence-electron chi connectivity index (χ1n) is 5.81. The average Bonchev–Trinajstić information content (AvgIpc) is 2.64. The quantitative estimate of drug-likeness (QED) is 0.779. The molecule has 2 rings (SSSR count). The molecule has 19 heavy (non-hydrogen) atoms. The highest BCUT2D eigenvalue weighted by Gasteiger charge is 2.13. The molecule has 0 aliphatic heterocycles. The molecule has 2 aromatic rings. The molecule has 102 valence electrons. The number of nitrogens with zero attached hydrogens (tertiary/aromatic N) is 2. The van der Waals surface area contributed by atoms with E-state index in [0.29, 0.717) is 16.8 Å². The summed E-state index contributed by atoms with van der Waals surface area (Å²) in [4.78, 5) is 0. The van der Waals surface area contributed by atoms with Crippen molar-refractivity contribution >= 4 is 31.9 Å². The lowest BCUT2D eigenvalue weighted by molar-refractivity contribution is 0.292. The predicted octanol–water partition coefficient (Wildman–Crippen LogP) is 4.23. The molecule has 0 aliphatic carbocycles. The van der Waals surface area contributed by atoms with Crippen LogP contribution in [0, 0.1) is 5.82 Å². The van der Waals surface area contributed by atoms with E-state index in [2.05, 4.69) is 37.0 Å². The highest BCUT2D eigenvalue weighted by Crippen LogP contribution is 2.28. The summed E-state index contributed by atoms with van der Waals surface area (Å²) >= 11 is 6.81. The van der Waals surface area contributed by atoms with Crippen molar-refractivity contribution in [2.24, 2.45) is 7.05 Å². The molecule has 0 amide bonds. The smallest absolute Gasteiger partial charge is 0.134 e. The van der Waals surface area contributed by atoms with Crippen LogP contribution in [0.15, 0.2) is 27.1 Å². The van der Waals surface area contributed by atoms with Crippen molar-refractivity contribution in [3.05, 3.63) is 44.3 Å². The zero-order chi connectivity index (χ0) is 14.0. The lowest BCUT2D eigenvalue weighted by Gasteiger charge is -2.09. The molecule has 0 saturated carbocycles. The van der Waals surface area contributed by atoms with Crippen LogP contribution in [0.5, 0.6) is 5.75 Å². The van der Waals surface area contributed by atoms with Gasteiger partial charge in [0.2, 0.25) is 0 Å². The van der Waals surface area contributed by atoms with Crippen molar-refractivity contribution < 1.29 is 9.13 Å². The van der Waals surface area contributed by atoms with Crippen LogP contribution in [0.4, 0.5) is 4.39 Å². The van der Waals surface area contributed by atoms with Crippen LogP contribution in [0.3, 0.4) is 0 Å². The van der Waals surface area contributed by atoms with E-state index in [1.807, 2.05) is 14.0 Å². The van der Waals surface area contributed by atoms with Gasteiger partial charge in [-0.1, -0.05) is 6.92 Å². The van der Waals surface area contributed by atoms with Crippen molar-refractivity contribution in [3.63, 3.8) is 0 Å². The minimum Gasteiger partial charge on any atom is -0.486 e. The summed E-state index contributed by atoms with van der Waals surface area (Å²) in [6.07, 6.45) is 0.856. The van der Waals surface area contributed by atoms with Gasteiger partial charge in [0.1, 0.15) is 18.2 Å². The average molecular weight is 392 g/mol. The van der Waals surface area contributed by atoms with Gasteiger partial charge in [0, 0.05) is 7.05 Å². The first-order chi connectivity index (χ1) is 9.02. The van der Waals surface area contributed by atoms with E-state index >= 15 is 0 Å². The summed E-state index contributed by atoms with van der Waals surface area (Å²) in [5.41, 5.74) is 1.95. The molecule has 0 bridgehead atoms. The van der Waals surface area contributed by atoms with Crippen LogP contribution in [-0.2, 0) is 20.1 Å². The summed E-state index contributed by atoms with van der Waals surface area (Å²) in [7, 11) is 1.88. The van der Waals surface area contributed by atoms with Crippen LogP contribution in [0.2, 0.25) is 0 Å². The zero-order valence-corrected chi connectivity index (χ0v) is 13.8. The molecule has 0 N–H and O–H groups in total. The monoisotopic (exact) mass is 390 g/mol. The van der Waals surface area contributed by atoms with Crippen LogP contribution < -0.4 is 4.74 Å². The number of aryl methyl sites for hydroxylation is 2. The molecule has 1 aromatic carbocycles. The molecule has 3 nitrogen and oxygen atoms in total. The van der Waals surface area contributed by atoms with Gasteiger partial charge < -0.3 is 4.74 Å². The molecule has 0 saturated heterocycles.